The van der Waals surface area contributed by atoms with E-state index in [2.05, 4.69) is 34.1 Å². The summed E-state index contributed by atoms with van der Waals surface area (Å²) in [6, 6.07) is 2.01. The van der Waals surface area contributed by atoms with Crippen molar-refractivity contribution in [2.45, 2.75) is 39.7 Å². The van der Waals surface area contributed by atoms with Crippen LogP contribution in [0.1, 0.15) is 38.9 Å². The maximum atomic E-state index is 5.59. The molecule has 0 saturated carbocycles. The van der Waals surface area contributed by atoms with Crippen LogP contribution in [0.25, 0.3) is 10.2 Å². The maximum Gasteiger partial charge on any atom is 0.152 e. The van der Waals surface area contributed by atoms with Gasteiger partial charge in [-0.15, -0.1) is 11.3 Å². The lowest BCUT2D eigenvalue weighted by Crippen LogP contribution is -2.27. The first-order valence-electron chi connectivity index (χ1n) is 7.63. The van der Waals surface area contributed by atoms with Crippen molar-refractivity contribution in [2.75, 3.05) is 18.5 Å². The van der Waals surface area contributed by atoms with E-state index < -0.39 is 0 Å². The van der Waals surface area contributed by atoms with E-state index in [4.69, 9.17) is 5.84 Å². The standard InChI is InChI=1S/C15H23N5S/c1-3-15(4-2)6-7-20(10-15)9-12-17-13(19-16)11-5-8-21-14(11)18-12/h5,8H,3-4,6-7,9-10,16H2,1-2H3,(H,17,18,19). The molecule has 5 nitrogen and oxygen atoms in total. The van der Waals surface area contributed by atoms with Gasteiger partial charge in [0.2, 0.25) is 0 Å². The Labute approximate surface area is 129 Å². The van der Waals surface area contributed by atoms with Crippen LogP contribution >= 0.6 is 11.3 Å². The van der Waals surface area contributed by atoms with Crippen LogP contribution in [0.4, 0.5) is 5.82 Å². The summed E-state index contributed by atoms with van der Waals surface area (Å²) < 4.78 is 0. The molecule has 3 heterocycles. The van der Waals surface area contributed by atoms with Crippen molar-refractivity contribution in [1.82, 2.24) is 14.9 Å². The molecule has 3 N–H and O–H groups in total. The van der Waals surface area contributed by atoms with Crippen molar-refractivity contribution in [3.05, 3.63) is 17.3 Å². The number of hydrogen-bond donors (Lipinski definition) is 2. The summed E-state index contributed by atoms with van der Waals surface area (Å²) in [7, 11) is 0. The average molecular weight is 305 g/mol. The van der Waals surface area contributed by atoms with Crippen LogP contribution in [0, 0.1) is 5.41 Å². The number of aromatic nitrogens is 2. The number of fused-ring (bicyclic) bond motifs is 1. The fourth-order valence-electron chi connectivity index (χ4n) is 3.27. The summed E-state index contributed by atoms with van der Waals surface area (Å²) in [5.74, 6) is 7.18. The summed E-state index contributed by atoms with van der Waals surface area (Å²) in [4.78, 5) is 12.7. The van der Waals surface area contributed by atoms with Crippen molar-refractivity contribution in [3.63, 3.8) is 0 Å². The number of anilines is 1. The highest BCUT2D eigenvalue weighted by Gasteiger charge is 2.35. The van der Waals surface area contributed by atoms with Crippen LogP contribution in [-0.4, -0.2) is 28.0 Å². The Hall–Kier alpha value is -1.24. The molecule has 0 amide bonds. The molecule has 2 aromatic rings. The quantitative estimate of drug-likeness (QED) is 0.656. The molecule has 6 heteroatoms. The summed E-state index contributed by atoms with van der Waals surface area (Å²) >= 11 is 1.63. The highest BCUT2D eigenvalue weighted by Crippen LogP contribution is 2.37. The summed E-state index contributed by atoms with van der Waals surface area (Å²) in [5.41, 5.74) is 3.19. The van der Waals surface area contributed by atoms with Gasteiger partial charge in [-0.05, 0) is 42.7 Å². The third kappa shape index (κ3) is 2.75. The predicted molar refractivity (Wildman–Crippen MR) is 88.1 cm³/mol. The molecule has 0 bridgehead atoms. The second-order valence-electron chi connectivity index (χ2n) is 5.94. The van der Waals surface area contributed by atoms with E-state index in [1.807, 2.05) is 11.4 Å². The molecular weight excluding hydrogens is 282 g/mol. The maximum absolute atomic E-state index is 5.59. The zero-order valence-corrected chi connectivity index (χ0v) is 13.5. The Morgan fingerprint density at radius 1 is 1.38 bits per heavy atom. The Morgan fingerprint density at radius 3 is 2.86 bits per heavy atom. The molecule has 1 aliphatic rings. The molecule has 0 aromatic carbocycles. The average Bonchev–Trinajstić information content (AvgIpc) is 3.13. The van der Waals surface area contributed by atoms with E-state index in [9.17, 15) is 0 Å². The minimum Gasteiger partial charge on any atom is -0.308 e. The zero-order valence-electron chi connectivity index (χ0n) is 12.7. The molecule has 2 aromatic heterocycles. The van der Waals surface area contributed by atoms with Crippen molar-refractivity contribution >= 4 is 27.4 Å². The molecule has 1 saturated heterocycles. The summed E-state index contributed by atoms with van der Waals surface area (Å²) in [5, 5.41) is 3.03. The smallest absolute Gasteiger partial charge is 0.152 e. The topological polar surface area (TPSA) is 67.1 Å². The first-order chi connectivity index (χ1) is 10.2. The van der Waals surface area contributed by atoms with Crippen LogP contribution in [0.15, 0.2) is 11.4 Å². The molecule has 3 rings (SSSR count). The van der Waals surface area contributed by atoms with Crippen LogP contribution in [0.3, 0.4) is 0 Å². The van der Waals surface area contributed by atoms with Gasteiger partial charge in [0.1, 0.15) is 10.7 Å². The Bertz CT molecular complexity index is 620. The van der Waals surface area contributed by atoms with E-state index in [-0.39, 0.29) is 0 Å². The number of nitrogens with two attached hydrogens (primary N) is 1. The zero-order chi connectivity index (χ0) is 14.9. The number of hydrogen-bond acceptors (Lipinski definition) is 6. The number of likely N-dealkylation sites (tertiary alicyclic amines) is 1. The largest absolute Gasteiger partial charge is 0.308 e. The molecule has 1 aliphatic heterocycles. The number of nitrogen functional groups attached to an aromatic ring is 1. The summed E-state index contributed by atoms with van der Waals surface area (Å²) in [6.45, 7) is 7.70. The van der Waals surface area contributed by atoms with E-state index >= 15 is 0 Å². The molecule has 0 radical (unpaired) electrons. The van der Waals surface area contributed by atoms with Crippen LogP contribution in [0.2, 0.25) is 0 Å². The number of nitrogens with one attached hydrogen (secondary N) is 1. The fraction of sp³-hybridized carbons (Fsp3) is 0.600. The van der Waals surface area contributed by atoms with Gasteiger partial charge in [0, 0.05) is 6.54 Å². The van der Waals surface area contributed by atoms with Crippen LogP contribution in [0.5, 0.6) is 0 Å². The monoisotopic (exact) mass is 305 g/mol. The van der Waals surface area contributed by atoms with Gasteiger partial charge < -0.3 is 5.43 Å². The summed E-state index contributed by atoms with van der Waals surface area (Å²) in [6.07, 6.45) is 3.78. The molecule has 0 aliphatic carbocycles. The van der Waals surface area contributed by atoms with E-state index in [0.717, 1.165) is 41.5 Å². The number of rotatable bonds is 5. The van der Waals surface area contributed by atoms with Crippen molar-refractivity contribution in [1.29, 1.82) is 0 Å². The lowest BCUT2D eigenvalue weighted by molar-refractivity contribution is 0.233. The lowest BCUT2D eigenvalue weighted by Gasteiger charge is -2.26. The predicted octanol–water partition coefficient (Wildman–Crippen LogP) is 2.99. The molecule has 114 valence electrons. The SMILES string of the molecule is CCC1(CC)CCN(Cc2nc(NN)c3ccsc3n2)C1. The van der Waals surface area contributed by atoms with Gasteiger partial charge in [-0.3, -0.25) is 4.90 Å². The Balaban J connectivity index is 1.79. The first kappa shape index (κ1) is 14.7. The molecular formula is C15H23N5S. The molecule has 0 atom stereocenters. The van der Waals surface area contributed by atoms with Gasteiger partial charge in [0.15, 0.2) is 5.82 Å². The van der Waals surface area contributed by atoms with E-state index in [1.165, 1.54) is 19.3 Å². The van der Waals surface area contributed by atoms with Gasteiger partial charge in [-0.1, -0.05) is 13.8 Å². The first-order valence-corrected chi connectivity index (χ1v) is 8.51. The number of hydrazine groups is 1. The highest BCUT2D eigenvalue weighted by molar-refractivity contribution is 7.16. The number of nitrogens with zero attached hydrogens (tertiary/aromatic N) is 3. The fourth-order valence-corrected chi connectivity index (χ4v) is 4.05. The molecule has 0 spiro atoms. The van der Waals surface area contributed by atoms with Crippen molar-refractivity contribution < 1.29 is 0 Å². The second kappa shape index (κ2) is 5.87. The van der Waals surface area contributed by atoms with Gasteiger partial charge in [0.05, 0.1) is 11.9 Å². The van der Waals surface area contributed by atoms with Crippen molar-refractivity contribution in [2.24, 2.45) is 11.3 Å². The normalized spacial score (nSPS) is 18.4. The van der Waals surface area contributed by atoms with E-state index in [0.29, 0.717) is 5.41 Å². The molecule has 21 heavy (non-hydrogen) atoms. The van der Waals surface area contributed by atoms with Gasteiger partial charge >= 0.3 is 0 Å². The van der Waals surface area contributed by atoms with Crippen molar-refractivity contribution in [3.8, 4) is 0 Å². The van der Waals surface area contributed by atoms with Gasteiger partial charge in [-0.2, -0.15) is 0 Å². The second-order valence-corrected chi connectivity index (χ2v) is 6.83. The Morgan fingerprint density at radius 2 is 2.19 bits per heavy atom. The minimum atomic E-state index is 0.488. The third-order valence-corrected chi connectivity index (χ3v) is 5.70. The van der Waals surface area contributed by atoms with Gasteiger partial charge in [-0.25, -0.2) is 15.8 Å². The van der Waals surface area contributed by atoms with E-state index in [1.54, 1.807) is 11.3 Å². The van der Waals surface area contributed by atoms with Crippen LogP contribution in [-0.2, 0) is 6.54 Å². The number of thiophene rings is 1. The third-order valence-electron chi connectivity index (χ3n) is 4.89. The van der Waals surface area contributed by atoms with Gasteiger partial charge in [0.25, 0.3) is 0 Å². The lowest BCUT2D eigenvalue weighted by atomic mass is 9.82. The Kier molecular flexibility index (Phi) is 4.10. The highest BCUT2D eigenvalue weighted by atomic mass is 32.1. The molecule has 0 unspecified atom stereocenters. The van der Waals surface area contributed by atoms with Crippen LogP contribution < -0.4 is 11.3 Å². The minimum absolute atomic E-state index is 0.488. The molecule has 1 fully saturated rings.